The maximum atomic E-state index is 6.17. The molecule has 0 amide bonds. The van der Waals surface area contributed by atoms with E-state index in [2.05, 4.69) is 215 Å². The Hall–Kier alpha value is -9.16. The molecule has 0 bridgehead atoms. The van der Waals surface area contributed by atoms with Gasteiger partial charge in [0.25, 0.3) is 0 Å². The fourth-order valence-corrected chi connectivity index (χ4v) is 12.9. The van der Waals surface area contributed by atoms with E-state index < -0.39 is 0 Å². The van der Waals surface area contributed by atoms with Crippen LogP contribution in [0.5, 0.6) is 0 Å². The van der Waals surface area contributed by atoms with Crippen molar-refractivity contribution < 1.29 is 8.83 Å². The molecule has 0 spiro atoms. The Morgan fingerprint density at radius 1 is 0.268 bits per heavy atom. The zero-order valence-corrected chi connectivity index (χ0v) is 38.9. The van der Waals surface area contributed by atoms with Crippen molar-refractivity contribution in [2.75, 3.05) is 0 Å². The molecule has 0 radical (unpaired) electrons. The van der Waals surface area contributed by atoms with Crippen LogP contribution in [0.3, 0.4) is 0 Å². The third-order valence-electron chi connectivity index (χ3n) is 14.9. The lowest BCUT2D eigenvalue weighted by Gasteiger charge is -2.11. The molecule has 11 aromatic carbocycles. The standard InChI is InChI=1S/C66H38N2O2S/c1-5-19-56-47(15-1)52-35-41(43-25-31-63-54(37-43)49-17-4-8-22-61(49)70-63)23-28-58(52)67(56)45-13-9-12-40(33-45)44-26-32-64-55(38-44)50-27-29-59-65(66(50)71-64)51-18-2-6-20-57(51)68(59)46-14-10-11-39(34-46)42-24-30-62-53(36-42)48-16-3-7-21-60(48)69-62/h1-38H. The Kier molecular flexibility index (Phi) is 8.01. The van der Waals surface area contributed by atoms with Crippen molar-refractivity contribution in [3.8, 4) is 44.8 Å². The first kappa shape index (κ1) is 38.8. The zero-order valence-electron chi connectivity index (χ0n) is 38.1. The molecule has 5 aromatic heterocycles. The van der Waals surface area contributed by atoms with Gasteiger partial charge in [-0.2, -0.15) is 0 Å². The highest BCUT2D eigenvalue weighted by atomic mass is 32.1. The first-order chi connectivity index (χ1) is 35.2. The van der Waals surface area contributed by atoms with E-state index in [0.717, 1.165) is 55.3 Å². The van der Waals surface area contributed by atoms with Crippen molar-refractivity contribution in [1.82, 2.24) is 9.13 Å². The van der Waals surface area contributed by atoms with E-state index in [-0.39, 0.29) is 0 Å². The van der Waals surface area contributed by atoms with E-state index in [0.29, 0.717) is 0 Å². The molecule has 0 unspecified atom stereocenters. The molecule has 0 N–H and O–H groups in total. The molecule has 0 saturated carbocycles. The van der Waals surface area contributed by atoms with E-state index in [1.54, 1.807) is 0 Å². The number of fused-ring (bicyclic) bond motifs is 16. The van der Waals surface area contributed by atoms with E-state index in [1.165, 1.54) is 97.2 Å². The highest BCUT2D eigenvalue weighted by Crippen LogP contribution is 2.45. The van der Waals surface area contributed by atoms with Crippen LogP contribution in [0.4, 0.5) is 0 Å². The van der Waals surface area contributed by atoms with Crippen molar-refractivity contribution in [1.29, 1.82) is 0 Å². The lowest BCUT2D eigenvalue weighted by atomic mass is 10.0. The average molecular weight is 923 g/mol. The summed E-state index contributed by atoms with van der Waals surface area (Å²) < 4.78 is 19.8. The molecule has 4 nitrogen and oxygen atoms in total. The number of hydrogen-bond donors (Lipinski definition) is 0. The number of rotatable bonds is 5. The summed E-state index contributed by atoms with van der Waals surface area (Å²) in [5.41, 5.74) is 17.8. The molecule has 0 atom stereocenters. The summed E-state index contributed by atoms with van der Waals surface area (Å²) in [6, 6.07) is 83.9. The Morgan fingerprint density at radius 2 is 0.718 bits per heavy atom. The van der Waals surface area contributed by atoms with Crippen LogP contribution in [-0.4, -0.2) is 9.13 Å². The topological polar surface area (TPSA) is 36.1 Å². The van der Waals surface area contributed by atoms with Crippen LogP contribution in [0.1, 0.15) is 0 Å². The SMILES string of the molecule is c1cc(-c2ccc3sc4c(ccc5c4c4ccccc4n5-c4cccc(-c5ccc6oc7ccccc7c6c5)c4)c3c2)cc(-n2c3ccccc3c3cc(-c4ccc5oc6ccccc6c5c4)ccc32)c1. The molecule has 0 aliphatic heterocycles. The number of para-hydroxylation sites is 4. The summed E-state index contributed by atoms with van der Waals surface area (Å²) in [6.45, 7) is 0. The van der Waals surface area contributed by atoms with Gasteiger partial charge < -0.3 is 18.0 Å². The van der Waals surface area contributed by atoms with Gasteiger partial charge in [0.05, 0.1) is 22.1 Å². The smallest absolute Gasteiger partial charge is 0.135 e. The zero-order chi connectivity index (χ0) is 46.3. The summed E-state index contributed by atoms with van der Waals surface area (Å²) in [6.07, 6.45) is 0. The maximum Gasteiger partial charge on any atom is 0.135 e. The van der Waals surface area contributed by atoms with Gasteiger partial charge in [0.2, 0.25) is 0 Å². The van der Waals surface area contributed by atoms with Gasteiger partial charge in [0.1, 0.15) is 22.3 Å². The van der Waals surface area contributed by atoms with Gasteiger partial charge in [-0.25, -0.2) is 0 Å². The minimum absolute atomic E-state index is 0.908. The molecule has 71 heavy (non-hydrogen) atoms. The van der Waals surface area contributed by atoms with Crippen molar-refractivity contribution in [3.63, 3.8) is 0 Å². The lowest BCUT2D eigenvalue weighted by Crippen LogP contribution is -1.94. The number of benzene rings is 11. The van der Waals surface area contributed by atoms with Crippen LogP contribution in [-0.2, 0) is 0 Å². The number of hydrogen-bond acceptors (Lipinski definition) is 3. The molecular formula is C66H38N2O2S. The molecule has 16 rings (SSSR count). The second-order valence-corrected chi connectivity index (χ2v) is 19.9. The van der Waals surface area contributed by atoms with Gasteiger partial charge in [-0.15, -0.1) is 11.3 Å². The first-order valence-corrected chi connectivity index (χ1v) is 24.9. The molecule has 16 aromatic rings. The van der Waals surface area contributed by atoms with Gasteiger partial charge >= 0.3 is 0 Å². The quantitative estimate of drug-likeness (QED) is 0.172. The van der Waals surface area contributed by atoms with Crippen LogP contribution in [0.25, 0.3) is 152 Å². The first-order valence-electron chi connectivity index (χ1n) is 24.1. The van der Waals surface area contributed by atoms with Crippen LogP contribution in [0.2, 0.25) is 0 Å². The monoisotopic (exact) mass is 922 g/mol. The van der Waals surface area contributed by atoms with Gasteiger partial charge in [0, 0.05) is 74.6 Å². The predicted molar refractivity (Wildman–Crippen MR) is 299 cm³/mol. The number of furan rings is 2. The number of aromatic nitrogens is 2. The minimum Gasteiger partial charge on any atom is -0.456 e. The summed E-state index contributed by atoms with van der Waals surface area (Å²) in [5, 5.41) is 12.1. The largest absolute Gasteiger partial charge is 0.456 e. The Balaban J connectivity index is 0.794. The molecular weight excluding hydrogens is 885 g/mol. The molecule has 5 heterocycles. The van der Waals surface area contributed by atoms with E-state index in [1.807, 2.05) is 35.6 Å². The van der Waals surface area contributed by atoms with Gasteiger partial charge in [-0.3, -0.25) is 0 Å². The summed E-state index contributed by atoms with van der Waals surface area (Å²) >= 11 is 1.89. The molecule has 0 saturated heterocycles. The Labute approximate surface area is 410 Å². The number of thiophene rings is 1. The number of nitrogens with zero attached hydrogens (tertiary/aromatic N) is 2. The van der Waals surface area contributed by atoms with Gasteiger partial charge in [0.15, 0.2) is 0 Å². The molecule has 330 valence electrons. The highest BCUT2D eigenvalue weighted by molar-refractivity contribution is 7.26. The Bertz CT molecular complexity index is 4900. The van der Waals surface area contributed by atoms with Gasteiger partial charge in [-0.05, 0) is 137 Å². The van der Waals surface area contributed by atoms with Crippen molar-refractivity contribution in [2.45, 2.75) is 0 Å². The third kappa shape index (κ3) is 5.72. The van der Waals surface area contributed by atoms with Gasteiger partial charge in [-0.1, -0.05) is 127 Å². The molecule has 5 heteroatoms. The van der Waals surface area contributed by atoms with Crippen molar-refractivity contribution in [3.05, 3.63) is 231 Å². The summed E-state index contributed by atoms with van der Waals surface area (Å²) in [5.74, 6) is 0. The van der Waals surface area contributed by atoms with Crippen LogP contribution in [0, 0.1) is 0 Å². The third-order valence-corrected chi connectivity index (χ3v) is 16.1. The minimum atomic E-state index is 0.908. The highest BCUT2D eigenvalue weighted by Gasteiger charge is 2.20. The average Bonchev–Trinajstić information content (AvgIpc) is 4.25. The maximum absolute atomic E-state index is 6.17. The summed E-state index contributed by atoms with van der Waals surface area (Å²) in [7, 11) is 0. The van der Waals surface area contributed by atoms with Crippen molar-refractivity contribution >= 4 is 119 Å². The van der Waals surface area contributed by atoms with Crippen molar-refractivity contribution in [2.24, 2.45) is 0 Å². The predicted octanol–water partition coefficient (Wildman–Crippen LogP) is 19.0. The van der Waals surface area contributed by atoms with Crippen LogP contribution < -0.4 is 0 Å². The molecule has 0 aliphatic carbocycles. The van der Waals surface area contributed by atoms with Crippen LogP contribution >= 0.6 is 11.3 Å². The molecule has 0 aliphatic rings. The second-order valence-electron chi connectivity index (χ2n) is 18.8. The van der Waals surface area contributed by atoms with E-state index in [4.69, 9.17) is 8.83 Å². The second kappa shape index (κ2) is 14.7. The Morgan fingerprint density at radius 3 is 1.37 bits per heavy atom. The summed E-state index contributed by atoms with van der Waals surface area (Å²) in [4.78, 5) is 0. The fraction of sp³-hybridized carbons (Fsp3) is 0. The normalized spacial score (nSPS) is 12.2. The molecule has 0 fully saturated rings. The fourth-order valence-electron chi connectivity index (χ4n) is 11.6. The van der Waals surface area contributed by atoms with E-state index >= 15 is 0 Å². The lowest BCUT2D eigenvalue weighted by molar-refractivity contribution is 0.668. The van der Waals surface area contributed by atoms with E-state index in [9.17, 15) is 0 Å². The van der Waals surface area contributed by atoms with Crippen LogP contribution in [0.15, 0.2) is 239 Å².